The predicted octanol–water partition coefficient (Wildman–Crippen LogP) is -0.0346. The minimum Gasteiger partial charge on any atom is -0.391 e. The standard InChI is InChI=1S/C7H15NO.CH4O3S/c1-8(2)6-4-3-5-7(6)9;1-5(2,3)4/h6-7,9H,3-5H2,1-2H3;1H3,(H,2,3,4). The van der Waals surface area contributed by atoms with Gasteiger partial charge in [0, 0.05) is 6.04 Å². The summed E-state index contributed by atoms with van der Waals surface area (Å²) in [5.74, 6) is 0. The number of nitrogens with zero attached hydrogens (tertiary/aromatic N) is 1. The van der Waals surface area contributed by atoms with Gasteiger partial charge >= 0.3 is 0 Å². The number of rotatable bonds is 1. The molecule has 0 aliphatic heterocycles. The maximum Gasteiger partial charge on any atom is 0.261 e. The Hall–Kier alpha value is -0.170. The Balaban J connectivity index is 0.000000292. The Labute approximate surface area is 85.5 Å². The van der Waals surface area contributed by atoms with Crippen LogP contribution in [0.3, 0.4) is 0 Å². The zero-order valence-electron chi connectivity index (χ0n) is 8.84. The van der Waals surface area contributed by atoms with Crippen LogP contribution in [-0.4, -0.2) is 55.5 Å². The van der Waals surface area contributed by atoms with Gasteiger partial charge in [0.25, 0.3) is 10.1 Å². The van der Waals surface area contributed by atoms with Crippen molar-refractivity contribution in [2.75, 3.05) is 20.4 Å². The lowest BCUT2D eigenvalue weighted by atomic mass is 10.2. The minimum atomic E-state index is -3.67. The number of hydrogen-bond donors (Lipinski definition) is 2. The molecule has 0 aromatic carbocycles. The van der Waals surface area contributed by atoms with E-state index >= 15 is 0 Å². The number of hydrogen-bond acceptors (Lipinski definition) is 4. The highest BCUT2D eigenvalue weighted by atomic mass is 32.2. The van der Waals surface area contributed by atoms with E-state index in [0.717, 1.165) is 12.8 Å². The topological polar surface area (TPSA) is 77.8 Å². The van der Waals surface area contributed by atoms with E-state index in [4.69, 9.17) is 4.55 Å². The highest BCUT2D eigenvalue weighted by Crippen LogP contribution is 2.21. The second-order valence-electron chi connectivity index (χ2n) is 3.76. The van der Waals surface area contributed by atoms with Crippen LogP contribution in [0.1, 0.15) is 19.3 Å². The molecule has 0 bridgehead atoms. The lowest BCUT2D eigenvalue weighted by Gasteiger charge is -2.21. The van der Waals surface area contributed by atoms with Crippen LogP contribution in [0, 0.1) is 0 Å². The Morgan fingerprint density at radius 1 is 1.29 bits per heavy atom. The van der Waals surface area contributed by atoms with Crippen molar-refractivity contribution in [2.24, 2.45) is 0 Å². The van der Waals surface area contributed by atoms with Gasteiger partial charge in [0.15, 0.2) is 0 Å². The van der Waals surface area contributed by atoms with Crippen molar-refractivity contribution in [3.8, 4) is 0 Å². The Kier molecular flexibility index (Phi) is 5.58. The molecule has 0 aromatic rings. The molecular formula is C8H19NO4S. The van der Waals surface area contributed by atoms with Crippen molar-refractivity contribution in [1.82, 2.24) is 4.90 Å². The maximum atomic E-state index is 9.32. The van der Waals surface area contributed by atoms with Crippen molar-refractivity contribution in [1.29, 1.82) is 0 Å². The molecule has 1 aliphatic carbocycles. The fraction of sp³-hybridized carbons (Fsp3) is 1.00. The van der Waals surface area contributed by atoms with Crippen molar-refractivity contribution in [3.05, 3.63) is 0 Å². The van der Waals surface area contributed by atoms with Crippen molar-refractivity contribution < 1.29 is 18.1 Å². The molecule has 0 heterocycles. The molecule has 2 atom stereocenters. The molecule has 6 heteroatoms. The molecular weight excluding hydrogens is 206 g/mol. The van der Waals surface area contributed by atoms with E-state index < -0.39 is 10.1 Å². The summed E-state index contributed by atoms with van der Waals surface area (Å²) in [6.07, 6.45) is 3.98. The van der Waals surface area contributed by atoms with Crippen molar-refractivity contribution in [2.45, 2.75) is 31.4 Å². The maximum absolute atomic E-state index is 9.32. The van der Waals surface area contributed by atoms with Crippen LogP contribution in [-0.2, 0) is 10.1 Å². The van der Waals surface area contributed by atoms with Crippen LogP contribution >= 0.6 is 0 Å². The third kappa shape index (κ3) is 7.25. The average molecular weight is 225 g/mol. The summed E-state index contributed by atoms with van der Waals surface area (Å²) < 4.78 is 25.9. The highest BCUT2D eigenvalue weighted by Gasteiger charge is 2.26. The van der Waals surface area contributed by atoms with Crippen LogP contribution in [0.5, 0.6) is 0 Å². The van der Waals surface area contributed by atoms with Gasteiger partial charge in [-0.2, -0.15) is 8.42 Å². The van der Waals surface area contributed by atoms with Gasteiger partial charge < -0.3 is 10.0 Å². The summed E-state index contributed by atoms with van der Waals surface area (Å²) in [5.41, 5.74) is 0. The molecule has 86 valence electrons. The summed E-state index contributed by atoms with van der Waals surface area (Å²) in [4.78, 5) is 2.11. The largest absolute Gasteiger partial charge is 0.391 e. The summed E-state index contributed by atoms with van der Waals surface area (Å²) in [6.45, 7) is 0. The fourth-order valence-corrected chi connectivity index (χ4v) is 1.52. The second-order valence-corrected chi connectivity index (χ2v) is 5.23. The van der Waals surface area contributed by atoms with E-state index in [9.17, 15) is 13.5 Å². The first-order valence-electron chi connectivity index (χ1n) is 4.48. The second kappa shape index (κ2) is 5.65. The van der Waals surface area contributed by atoms with Gasteiger partial charge in [0.1, 0.15) is 0 Å². The lowest BCUT2D eigenvalue weighted by Crippen LogP contribution is -2.34. The molecule has 0 saturated heterocycles. The SMILES string of the molecule is CN(C)C1CCCC1O.CS(=O)(=O)O. The van der Waals surface area contributed by atoms with E-state index in [2.05, 4.69) is 4.90 Å². The Morgan fingerprint density at radius 2 is 1.71 bits per heavy atom. The van der Waals surface area contributed by atoms with Crippen LogP contribution in [0.25, 0.3) is 0 Å². The van der Waals surface area contributed by atoms with E-state index in [-0.39, 0.29) is 6.10 Å². The summed E-state index contributed by atoms with van der Waals surface area (Å²) >= 11 is 0. The zero-order valence-corrected chi connectivity index (χ0v) is 9.66. The van der Waals surface area contributed by atoms with Crippen LogP contribution in [0.4, 0.5) is 0 Å². The molecule has 1 aliphatic rings. The Morgan fingerprint density at radius 3 is 1.86 bits per heavy atom. The van der Waals surface area contributed by atoms with Gasteiger partial charge in [-0.1, -0.05) is 0 Å². The van der Waals surface area contributed by atoms with Crippen LogP contribution in [0.15, 0.2) is 0 Å². The monoisotopic (exact) mass is 225 g/mol. The molecule has 0 spiro atoms. The third-order valence-corrected chi connectivity index (χ3v) is 2.11. The minimum absolute atomic E-state index is 0.0694. The molecule has 1 rings (SSSR count). The van der Waals surface area contributed by atoms with Gasteiger partial charge in [0.05, 0.1) is 12.4 Å². The first-order valence-corrected chi connectivity index (χ1v) is 6.33. The van der Waals surface area contributed by atoms with E-state index in [0.29, 0.717) is 12.3 Å². The molecule has 14 heavy (non-hydrogen) atoms. The molecule has 0 aromatic heterocycles. The Bertz CT molecular complexity index is 242. The first-order chi connectivity index (χ1) is 6.22. The van der Waals surface area contributed by atoms with Gasteiger partial charge in [-0.15, -0.1) is 0 Å². The smallest absolute Gasteiger partial charge is 0.261 e. The van der Waals surface area contributed by atoms with Gasteiger partial charge in [-0.3, -0.25) is 4.55 Å². The number of likely N-dealkylation sites (N-methyl/N-ethyl adjacent to an activating group) is 1. The van der Waals surface area contributed by atoms with Crippen molar-refractivity contribution in [3.63, 3.8) is 0 Å². The third-order valence-electron chi connectivity index (χ3n) is 2.11. The summed E-state index contributed by atoms with van der Waals surface area (Å²) in [6, 6.07) is 0.421. The highest BCUT2D eigenvalue weighted by molar-refractivity contribution is 7.85. The predicted molar refractivity (Wildman–Crippen MR) is 54.8 cm³/mol. The zero-order chi connectivity index (χ0) is 11.4. The van der Waals surface area contributed by atoms with Gasteiger partial charge in [-0.25, -0.2) is 0 Å². The van der Waals surface area contributed by atoms with Gasteiger partial charge in [-0.05, 0) is 33.4 Å². The number of aliphatic hydroxyl groups is 1. The molecule has 5 nitrogen and oxygen atoms in total. The molecule has 2 unspecified atom stereocenters. The van der Waals surface area contributed by atoms with Crippen LogP contribution in [0.2, 0.25) is 0 Å². The van der Waals surface area contributed by atoms with Crippen LogP contribution < -0.4 is 0 Å². The summed E-state index contributed by atoms with van der Waals surface area (Å²) in [5, 5.41) is 9.32. The van der Waals surface area contributed by atoms with E-state index in [1.165, 1.54) is 6.42 Å². The normalized spacial score (nSPS) is 27.3. The molecule has 1 saturated carbocycles. The quantitative estimate of drug-likeness (QED) is 0.613. The summed E-state index contributed by atoms with van der Waals surface area (Å²) in [7, 11) is 0.387. The molecule has 2 N–H and O–H groups in total. The molecule has 0 amide bonds. The van der Waals surface area contributed by atoms with Crippen molar-refractivity contribution >= 4 is 10.1 Å². The number of aliphatic hydroxyl groups excluding tert-OH is 1. The van der Waals surface area contributed by atoms with E-state index in [1.54, 1.807) is 0 Å². The van der Waals surface area contributed by atoms with Gasteiger partial charge in [0.2, 0.25) is 0 Å². The fourth-order valence-electron chi connectivity index (χ4n) is 1.52. The average Bonchev–Trinajstić information content (AvgIpc) is 2.30. The van der Waals surface area contributed by atoms with E-state index in [1.807, 2.05) is 14.1 Å². The molecule has 1 fully saturated rings. The first kappa shape index (κ1) is 13.8. The lowest BCUT2D eigenvalue weighted by molar-refractivity contribution is 0.100. The molecule has 0 radical (unpaired) electrons.